The number of carbonyl (C=O) groups excluding carboxylic acids is 2. The van der Waals surface area contributed by atoms with Gasteiger partial charge in [0.15, 0.2) is 29.1 Å². The van der Waals surface area contributed by atoms with Gasteiger partial charge in [0.25, 0.3) is 0 Å². The van der Waals surface area contributed by atoms with Gasteiger partial charge in [0.05, 0.1) is 13.2 Å². The summed E-state index contributed by atoms with van der Waals surface area (Å²) in [5, 5.41) is 0. The number of nitrogens with two attached hydrogens (primary N) is 1. The van der Waals surface area contributed by atoms with Crippen molar-refractivity contribution < 1.29 is 32.6 Å². The van der Waals surface area contributed by atoms with Crippen molar-refractivity contribution in [2.45, 2.75) is 26.9 Å². The molecule has 2 rings (SSSR count). The third kappa shape index (κ3) is 4.29. The molecule has 0 spiro atoms. The zero-order chi connectivity index (χ0) is 19.3. The van der Waals surface area contributed by atoms with E-state index in [1.54, 1.807) is 18.2 Å². The van der Waals surface area contributed by atoms with Crippen molar-refractivity contribution in [2.75, 3.05) is 13.2 Å². The average Bonchev–Trinajstić information content (AvgIpc) is 3.02. The molecule has 0 saturated carbocycles. The first-order chi connectivity index (χ1) is 12.4. The lowest BCUT2D eigenvalue weighted by molar-refractivity contribution is 0.0802. The molecule has 1 aromatic carbocycles. The SMILES string of the molecule is CCOc1ccc(-c2nc(C(=O)F)c([C@H](C)OC(N)=O)o2)cc1OCC. The summed E-state index contributed by atoms with van der Waals surface area (Å²) in [6.45, 7) is 5.88. The predicted octanol–water partition coefficient (Wildman–Crippen LogP) is 3.41. The number of oxazole rings is 1. The van der Waals surface area contributed by atoms with Crippen molar-refractivity contribution in [3.63, 3.8) is 0 Å². The first kappa shape index (κ1) is 19.2. The summed E-state index contributed by atoms with van der Waals surface area (Å²) in [7, 11) is 0. The topological polar surface area (TPSA) is 114 Å². The molecular weight excluding hydrogens is 347 g/mol. The largest absolute Gasteiger partial charge is 0.490 e. The smallest absolute Gasteiger partial charge is 0.405 e. The van der Waals surface area contributed by atoms with Crippen molar-refractivity contribution in [3.8, 4) is 23.0 Å². The Morgan fingerprint density at radius 3 is 2.46 bits per heavy atom. The van der Waals surface area contributed by atoms with E-state index >= 15 is 0 Å². The summed E-state index contributed by atoms with van der Waals surface area (Å²) >= 11 is 0. The highest BCUT2D eigenvalue weighted by Crippen LogP contribution is 2.34. The Balaban J connectivity index is 2.46. The molecule has 8 nitrogen and oxygen atoms in total. The number of nitrogens with zero attached hydrogens (tertiary/aromatic N) is 1. The molecule has 0 bridgehead atoms. The normalized spacial score (nSPS) is 11.7. The van der Waals surface area contributed by atoms with Crippen LogP contribution in [0.1, 0.15) is 43.1 Å². The highest BCUT2D eigenvalue weighted by Gasteiger charge is 2.27. The lowest BCUT2D eigenvalue weighted by Crippen LogP contribution is -2.16. The summed E-state index contributed by atoms with van der Waals surface area (Å²) in [4.78, 5) is 26.0. The molecule has 0 radical (unpaired) electrons. The van der Waals surface area contributed by atoms with Crippen LogP contribution in [0.2, 0.25) is 0 Å². The first-order valence-corrected chi connectivity index (χ1v) is 7.94. The third-order valence-corrected chi connectivity index (χ3v) is 3.29. The molecule has 1 amide bonds. The van der Waals surface area contributed by atoms with Crippen molar-refractivity contribution >= 4 is 12.1 Å². The number of primary amides is 1. The lowest BCUT2D eigenvalue weighted by atomic mass is 10.2. The van der Waals surface area contributed by atoms with Gasteiger partial charge in [0, 0.05) is 5.56 Å². The number of aromatic nitrogens is 1. The molecule has 1 heterocycles. The maximum Gasteiger partial charge on any atom is 0.405 e. The second-order valence-corrected chi connectivity index (χ2v) is 5.11. The van der Waals surface area contributed by atoms with Crippen LogP contribution in [0.25, 0.3) is 11.5 Å². The summed E-state index contributed by atoms with van der Waals surface area (Å²) in [6, 6.07) is 3.05. The van der Waals surface area contributed by atoms with Gasteiger partial charge in [-0.2, -0.15) is 4.39 Å². The average molecular weight is 366 g/mol. The standard InChI is InChI=1S/C17H19FN2O6/c1-4-23-11-7-6-10(8-12(11)24-5-2)16-20-13(15(18)21)14(26-16)9(3)25-17(19)22/h6-9H,4-5H2,1-3H3,(H2,19,22)/t9-/m0/s1. The quantitative estimate of drug-likeness (QED) is 0.712. The second-order valence-electron chi connectivity index (χ2n) is 5.11. The van der Waals surface area contributed by atoms with E-state index in [-0.39, 0.29) is 11.7 Å². The van der Waals surface area contributed by atoms with Gasteiger partial charge in [-0.05, 0) is 39.0 Å². The second kappa shape index (κ2) is 8.32. The van der Waals surface area contributed by atoms with Gasteiger partial charge in [0.2, 0.25) is 5.89 Å². The van der Waals surface area contributed by atoms with Crippen LogP contribution < -0.4 is 15.2 Å². The fourth-order valence-electron chi connectivity index (χ4n) is 2.28. The van der Waals surface area contributed by atoms with E-state index in [0.717, 1.165) is 0 Å². The Morgan fingerprint density at radius 1 is 1.23 bits per heavy atom. The Hall–Kier alpha value is -3.10. The van der Waals surface area contributed by atoms with Gasteiger partial charge in [-0.15, -0.1) is 0 Å². The van der Waals surface area contributed by atoms with E-state index in [0.29, 0.717) is 30.3 Å². The Labute approximate surface area is 149 Å². The number of amides is 1. The van der Waals surface area contributed by atoms with Gasteiger partial charge in [-0.3, -0.25) is 4.79 Å². The van der Waals surface area contributed by atoms with E-state index in [1.807, 2.05) is 13.8 Å². The fourth-order valence-corrected chi connectivity index (χ4v) is 2.28. The number of rotatable bonds is 8. The molecule has 26 heavy (non-hydrogen) atoms. The van der Waals surface area contributed by atoms with Gasteiger partial charge in [-0.25, -0.2) is 9.78 Å². The lowest BCUT2D eigenvalue weighted by Gasteiger charge is -2.11. The van der Waals surface area contributed by atoms with E-state index in [2.05, 4.69) is 4.98 Å². The molecular formula is C17H19FN2O6. The minimum atomic E-state index is -1.81. The van der Waals surface area contributed by atoms with Crippen LogP contribution in [-0.4, -0.2) is 30.3 Å². The van der Waals surface area contributed by atoms with E-state index in [1.165, 1.54) is 6.92 Å². The highest BCUT2D eigenvalue weighted by atomic mass is 19.1. The molecule has 9 heteroatoms. The predicted molar refractivity (Wildman–Crippen MR) is 88.8 cm³/mol. The Kier molecular flexibility index (Phi) is 6.16. The molecule has 1 aromatic heterocycles. The van der Waals surface area contributed by atoms with E-state index < -0.39 is 23.9 Å². The van der Waals surface area contributed by atoms with Crippen molar-refractivity contribution in [1.29, 1.82) is 0 Å². The zero-order valence-corrected chi connectivity index (χ0v) is 14.6. The molecule has 2 aromatic rings. The van der Waals surface area contributed by atoms with E-state index in [9.17, 15) is 14.0 Å². The number of ether oxygens (including phenoxy) is 3. The summed E-state index contributed by atoms with van der Waals surface area (Å²) in [5.41, 5.74) is 4.79. The molecule has 2 N–H and O–H groups in total. The molecule has 0 aliphatic heterocycles. The monoisotopic (exact) mass is 366 g/mol. The summed E-state index contributed by atoms with van der Waals surface area (Å²) < 4.78 is 34.5. The van der Waals surface area contributed by atoms with Gasteiger partial charge in [0.1, 0.15) is 0 Å². The van der Waals surface area contributed by atoms with Gasteiger partial charge >= 0.3 is 12.1 Å². The van der Waals surface area contributed by atoms with Crippen molar-refractivity contribution in [2.24, 2.45) is 5.73 Å². The Morgan fingerprint density at radius 2 is 1.88 bits per heavy atom. The van der Waals surface area contributed by atoms with Gasteiger partial charge < -0.3 is 24.4 Å². The van der Waals surface area contributed by atoms with E-state index in [4.69, 9.17) is 24.4 Å². The Bertz CT molecular complexity index is 805. The number of carbonyl (C=O) groups is 2. The maximum atomic E-state index is 13.3. The van der Waals surface area contributed by atoms with Crippen LogP contribution in [0.5, 0.6) is 11.5 Å². The zero-order valence-electron chi connectivity index (χ0n) is 14.6. The number of halogens is 1. The number of hydrogen-bond acceptors (Lipinski definition) is 7. The molecule has 140 valence electrons. The number of benzene rings is 1. The van der Waals surface area contributed by atoms with Gasteiger partial charge in [-0.1, -0.05) is 0 Å². The molecule has 0 saturated heterocycles. The first-order valence-electron chi connectivity index (χ1n) is 7.94. The van der Waals surface area contributed by atoms with Crippen LogP contribution in [-0.2, 0) is 4.74 Å². The van der Waals surface area contributed by atoms with Crippen molar-refractivity contribution in [3.05, 3.63) is 29.7 Å². The maximum absolute atomic E-state index is 13.3. The molecule has 0 fully saturated rings. The van der Waals surface area contributed by atoms with Crippen molar-refractivity contribution in [1.82, 2.24) is 4.98 Å². The van der Waals surface area contributed by atoms with Crippen LogP contribution in [0.4, 0.5) is 9.18 Å². The molecule has 1 atom stereocenters. The molecule has 0 aliphatic carbocycles. The van der Waals surface area contributed by atoms with Crippen LogP contribution in [0, 0.1) is 0 Å². The number of hydrogen-bond donors (Lipinski definition) is 1. The summed E-state index contributed by atoms with van der Waals surface area (Å²) in [6.07, 6.45) is -2.18. The van der Waals surface area contributed by atoms with Crippen LogP contribution in [0.3, 0.4) is 0 Å². The minimum Gasteiger partial charge on any atom is -0.490 e. The van der Waals surface area contributed by atoms with Crippen LogP contribution >= 0.6 is 0 Å². The highest BCUT2D eigenvalue weighted by molar-refractivity contribution is 5.88. The minimum absolute atomic E-state index is 0.0371. The van der Waals surface area contributed by atoms with Crippen LogP contribution in [0.15, 0.2) is 22.6 Å². The fraction of sp³-hybridized carbons (Fsp3) is 0.353. The third-order valence-electron chi connectivity index (χ3n) is 3.29. The molecule has 0 aliphatic rings. The summed E-state index contributed by atoms with van der Waals surface area (Å²) in [5.74, 6) is 0.696. The molecule has 0 unspecified atom stereocenters.